The van der Waals surface area contributed by atoms with Gasteiger partial charge in [-0.05, 0) is 36.6 Å². The Labute approximate surface area is 175 Å². The van der Waals surface area contributed by atoms with Gasteiger partial charge in [-0.2, -0.15) is 13.2 Å². The molecule has 1 aliphatic carbocycles. The van der Waals surface area contributed by atoms with Gasteiger partial charge in [0.05, 0.1) is 16.0 Å². The number of rotatable bonds is 7. The van der Waals surface area contributed by atoms with Crippen molar-refractivity contribution in [2.45, 2.75) is 30.5 Å². The highest BCUT2D eigenvalue weighted by molar-refractivity contribution is 6.42. The number of hydrogen-bond donors (Lipinski definition) is 2. The zero-order valence-electron chi connectivity index (χ0n) is 15.1. The van der Waals surface area contributed by atoms with E-state index in [0.29, 0.717) is 29.2 Å². The number of hydrogen-bond acceptors (Lipinski definition) is 3. The molecule has 3 rings (SSSR count). The summed E-state index contributed by atoms with van der Waals surface area (Å²) in [6.45, 7) is -0.255. The Balaban J connectivity index is 1.57. The third-order valence-corrected chi connectivity index (χ3v) is 5.57. The molecule has 1 atom stereocenters. The summed E-state index contributed by atoms with van der Waals surface area (Å²) in [5, 5.41) is 13.2. The number of carbonyl (C=O) groups excluding carboxylic acids is 1. The molecule has 2 aromatic carbocycles. The van der Waals surface area contributed by atoms with Gasteiger partial charge in [0.2, 0.25) is 5.91 Å². The summed E-state index contributed by atoms with van der Waals surface area (Å²) in [6.07, 6.45) is -4.61. The Hall–Kier alpha value is -1.96. The van der Waals surface area contributed by atoms with Gasteiger partial charge >= 0.3 is 6.18 Å². The lowest BCUT2D eigenvalue weighted by atomic mass is 9.93. The van der Waals surface area contributed by atoms with E-state index in [1.807, 2.05) is 0 Å². The van der Waals surface area contributed by atoms with E-state index in [1.165, 1.54) is 12.1 Å². The number of carbonyl (C=O) groups is 1. The maximum absolute atomic E-state index is 12.9. The maximum atomic E-state index is 12.9. The highest BCUT2D eigenvalue weighted by Crippen LogP contribution is 2.49. The molecule has 0 radical (unpaired) electrons. The van der Waals surface area contributed by atoms with E-state index in [1.54, 1.807) is 18.2 Å². The number of benzene rings is 2. The van der Waals surface area contributed by atoms with Crippen molar-refractivity contribution in [3.8, 4) is 5.75 Å². The second-order valence-electron chi connectivity index (χ2n) is 6.89. The molecule has 1 amide bonds. The molecule has 29 heavy (non-hydrogen) atoms. The van der Waals surface area contributed by atoms with Gasteiger partial charge in [-0.15, -0.1) is 0 Å². The molecule has 0 aliphatic heterocycles. The highest BCUT2D eigenvalue weighted by atomic mass is 35.5. The first kappa shape index (κ1) is 21.7. The summed E-state index contributed by atoms with van der Waals surface area (Å²) in [5.41, 5.74) is -1.46. The summed E-state index contributed by atoms with van der Waals surface area (Å²) in [4.78, 5) is 12.6. The molecule has 1 saturated carbocycles. The van der Waals surface area contributed by atoms with Crippen LogP contribution in [-0.4, -0.2) is 30.3 Å². The molecular formula is C20H18Cl2F3NO3. The van der Waals surface area contributed by atoms with Crippen molar-refractivity contribution in [1.82, 2.24) is 5.32 Å². The predicted octanol–water partition coefficient (Wildman–Crippen LogP) is 4.60. The molecule has 0 bridgehead atoms. The van der Waals surface area contributed by atoms with Crippen molar-refractivity contribution in [3.05, 3.63) is 63.6 Å². The minimum absolute atomic E-state index is 0.113. The molecule has 0 spiro atoms. The van der Waals surface area contributed by atoms with E-state index in [0.717, 1.165) is 12.1 Å². The summed E-state index contributed by atoms with van der Waals surface area (Å²) >= 11 is 11.9. The van der Waals surface area contributed by atoms with Gasteiger partial charge in [-0.3, -0.25) is 4.79 Å². The van der Waals surface area contributed by atoms with Crippen LogP contribution in [0.2, 0.25) is 10.0 Å². The van der Waals surface area contributed by atoms with E-state index in [4.69, 9.17) is 27.9 Å². The molecule has 4 nitrogen and oxygen atoms in total. The van der Waals surface area contributed by atoms with E-state index in [2.05, 4.69) is 5.32 Å². The fourth-order valence-electron chi connectivity index (χ4n) is 2.99. The van der Waals surface area contributed by atoms with Gasteiger partial charge in [0, 0.05) is 6.54 Å². The monoisotopic (exact) mass is 447 g/mol. The van der Waals surface area contributed by atoms with Crippen molar-refractivity contribution in [2.24, 2.45) is 0 Å². The van der Waals surface area contributed by atoms with Crippen LogP contribution in [0.4, 0.5) is 13.2 Å². The topological polar surface area (TPSA) is 58.6 Å². The van der Waals surface area contributed by atoms with Crippen LogP contribution in [-0.2, 0) is 16.4 Å². The zero-order chi connectivity index (χ0) is 21.2. The Morgan fingerprint density at radius 1 is 1.21 bits per heavy atom. The molecule has 9 heteroatoms. The van der Waals surface area contributed by atoms with Crippen LogP contribution in [0, 0.1) is 0 Å². The van der Waals surface area contributed by atoms with Gasteiger partial charge in [0.15, 0.2) is 0 Å². The summed E-state index contributed by atoms with van der Waals surface area (Å²) < 4.78 is 44.2. The van der Waals surface area contributed by atoms with Crippen molar-refractivity contribution in [1.29, 1.82) is 0 Å². The van der Waals surface area contributed by atoms with E-state index >= 15 is 0 Å². The number of ether oxygens (including phenoxy) is 1. The van der Waals surface area contributed by atoms with Gasteiger partial charge in [0.25, 0.3) is 0 Å². The minimum Gasteiger partial charge on any atom is -0.489 e. The van der Waals surface area contributed by atoms with Crippen LogP contribution in [0.15, 0.2) is 42.5 Å². The van der Waals surface area contributed by atoms with Gasteiger partial charge in [0.1, 0.15) is 23.5 Å². The fourth-order valence-corrected chi connectivity index (χ4v) is 3.33. The smallest absolute Gasteiger partial charge is 0.416 e. The number of halogens is 5. The van der Waals surface area contributed by atoms with Crippen LogP contribution < -0.4 is 10.1 Å². The molecule has 1 fully saturated rings. The first-order valence-electron chi connectivity index (χ1n) is 8.84. The van der Waals surface area contributed by atoms with E-state index < -0.39 is 29.2 Å². The van der Waals surface area contributed by atoms with E-state index in [9.17, 15) is 23.1 Å². The molecule has 0 saturated heterocycles. The fraction of sp³-hybridized carbons (Fsp3) is 0.350. The number of nitrogens with one attached hydrogen (secondary N) is 1. The summed E-state index contributed by atoms with van der Waals surface area (Å²) in [7, 11) is 0. The second kappa shape index (κ2) is 8.42. The van der Waals surface area contributed by atoms with Crippen molar-refractivity contribution in [3.63, 3.8) is 0 Å². The first-order chi connectivity index (χ1) is 13.6. The van der Waals surface area contributed by atoms with Gasteiger partial charge in [-0.25, -0.2) is 0 Å². The SMILES string of the molecule is O=C(NCC(O)COc1cccc(Cl)c1Cl)C1(c2cccc(C(F)(F)F)c2)CC1. The molecular weight excluding hydrogens is 430 g/mol. The molecule has 1 aliphatic rings. The lowest BCUT2D eigenvalue weighted by molar-refractivity contribution is -0.137. The Morgan fingerprint density at radius 3 is 2.55 bits per heavy atom. The standard InChI is InChI=1S/C20H18Cl2F3NO3/c21-15-5-2-6-16(17(15)22)29-11-14(27)10-26-18(28)19(7-8-19)12-3-1-4-13(9-12)20(23,24)25/h1-6,9,14,27H,7-8,10-11H2,(H,26,28). The van der Waals surface area contributed by atoms with Crippen molar-refractivity contribution in [2.75, 3.05) is 13.2 Å². The van der Waals surface area contributed by atoms with Crippen LogP contribution >= 0.6 is 23.2 Å². The van der Waals surface area contributed by atoms with Crippen LogP contribution in [0.3, 0.4) is 0 Å². The van der Waals surface area contributed by atoms with E-state index in [-0.39, 0.29) is 18.2 Å². The summed E-state index contributed by atoms with van der Waals surface area (Å²) in [5.74, 6) is -0.121. The summed E-state index contributed by atoms with van der Waals surface area (Å²) in [6, 6.07) is 9.62. The Morgan fingerprint density at radius 2 is 1.90 bits per heavy atom. The van der Waals surface area contributed by atoms with Crippen molar-refractivity contribution < 1.29 is 27.8 Å². The average molecular weight is 448 g/mol. The van der Waals surface area contributed by atoms with Gasteiger partial charge < -0.3 is 15.2 Å². The van der Waals surface area contributed by atoms with Crippen LogP contribution in [0.1, 0.15) is 24.0 Å². The average Bonchev–Trinajstić information content (AvgIpc) is 3.49. The third-order valence-electron chi connectivity index (χ3n) is 4.77. The Bertz CT molecular complexity index is 901. The predicted molar refractivity (Wildman–Crippen MR) is 103 cm³/mol. The maximum Gasteiger partial charge on any atom is 0.416 e. The number of aliphatic hydroxyl groups excluding tert-OH is 1. The van der Waals surface area contributed by atoms with Gasteiger partial charge in [-0.1, -0.05) is 47.5 Å². The molecule has 0 heterocycles. The lowest BCUT2D eigenvalue weighted by Gasteiger charge is -2.19. The zero-order valence-corrected chi connectivity index (χ0v) is 16.6. The largest absolute Gasteiger partial charge is 0.489 e. The first-order valence-corrected chi connectivity index (χ1v) is 9.60. The second-order valence-corrected chi connectivity index (χ2v) is 7.67. The normalized spacial score (nSPS) is 16.2. The quantitative estimate of drug-likeness (QED) is 0.651. The molecule has 2 N–H and O–H groups in total. The number of aliphatic hydroxyl groups is 1. The lowest BCUT2D eigenvalue weighted by Crippen LogP contribution is -2.41. The minimum atomic E-state index is -4.47. The molecule has 1 unspecified atom stereocenters. The number of amides is 1. The highest BCUT2D eigenvalue weighted by Gasteiger charge is 2.51. The number of alkyl halides is 3. The van der Waals surface area contributed by atoms with Crippen molar-refractivity contribution >= 4 is 29.1 Å². The molecule has 2 aromatic rings. The molecule has 0 aromatic heterocycles. The third kappa shape index (κ3) is 4.97. The van der Waals surface area contributed by atoms with Crippen LogP contribution in [0.25, 0.3) is 0 Å². The Kier molecular flexibility index (Phi) is 6.31. The molecule has 156 valence electrons. The van der Waals surface area contributed by atoms with Crippen LogP contribution in [0.5, 0.6) is 5.75 Å².